The molecule has 1 aliphatic heterocycles. The summed E-state index contributed by atoms with van der Waals surface area (Å²) < 4.78 is 0. The van der Waals surface area contributed by atoms with Crippen LogP contribution in [0.2, 0.25) is 0 Å². The van der Waals surface area contributed by atoms with Crippen LogP contribution < -0.4 is 10.2 Å². The Bertz CT molecular complexity index is 344. The molecular weight excluding hydrogens is 200 g/mol. The number of amides is 1. The number of carbonyl (C=O) groups excluding carboxylic acids is 1. The second-order valence-corrected chi connectivity index (χ2v) is 4.12. The van der Waals surface area contributed by atoms with Crippen LogP contribution in [0.25, 0.3) is 0 Å². The van der Waals surface area contributed by atoms with Gasteiger partial charge in [-0.1, -0.05) is 12.1 Å². The van der Waals surface area contributed by atoms with E-state index in [1.165, 1.54) is 12.8 Å². The van der Waals surface area contributed by atoms with E-state index >= 15 is 0 Å². The molecule has 1 heterocycles. The van der Waals surface area contributed by atoms with Crippen LogP contribution in [-0.2, 0) is 4.79 Å². The Morgan fingerprint density at radius 2 is 2.44 bits per heavy atom. The lowest BCUT2D eigenvalue weighted by Crippen LogP contribution is -2.50. The molecule has 1 aromatic rings. The van der Waals surface area contributed by atoms with Crippen LogP contribution in [0, 0.1) is 6.07 Å². The minimum atomic E-state index is 0.0824. The van der Waals surface area contributed by atoms with Crippen LogP contribution >= 0.6 is 0 Å². The van der Waals surface area contributed by atoms with Gasteiger partial charge < -0.3 is 0 Å². The Balaban J connectivity index is 2.20. The summed E-state index contributed by atoms with van der Waals surface area (Å²) in [5.74, 6) is 0.0824. The highest BCUT2D eigenvalue weighted by molar-refractivity contribution is 5.91. The van der Waals surface area contributed by atoms with E-state index in [1.54, 1.807) is 6.92 Å². The van der Waals surface area contributed by atoms with Crippen molar-refractivity contribution in [1.82, 2.24) is 5.32 Å². The van der Waals surface area contributed by atoms with Crippen molar-refractivity contribution in [3.8, 4) is 0 Å². The van der Waals surface area contributed by atoms with Gasteiger partial charge in [0.1, 0.15) is 0 Å². The standard InChI is InChI=1S/C13H17N2O/c1-11(16)15(12-7-3-2-4-8-12)13-9-5-6-10-14-13/h2-3,7-8,13-14H,5-6,9-10H2,1H3. The summed E-state index contributed by atoms with van der Waals surface area (Å²) in [5, 5.41) is 3.39. The summed E-state index contributed by atoms with van der Waals surface area (Å²) in [7, 11) is 0. The maximum absolute atomic E-state index is 11.7. The third kappa shape index (κ3) is 2.42. The molecule has 3 nitrogen and oxygen atoms in total. The lowest BCUT2D eigenvalue weighted by Gasteiger charge is -2.34. The number of hydrogen-bond donors (Lipinski definition) is 1. The average Bonchev–Trinajstić information content (AvgIpc) is 2.31. The number of anilines is 1. The van der Waals surface area contributed by atoms with Crippen LogP contribution in [0.15, 0.2) is 24.3 Å². The molecule has 1 atom stereocenters. The van der Waals surface area contributed by atoms with Gasteiger partial charge in [0.15, 0.2) is 0 Å². The van der Waals surface area contributed by atoms with Crippen molar-refractivity contribution < 1.29 is 4.79 Å². The van der Waals surface area contributed by atoms with E-state index in [4.69, 9.17) is 0 Å². The highest BCUT2D eigenvalue weighted by atomic mass is 16.2. The second-order valence-electron chi connectivity index (χ2n) is 4.12. The molecular formula is C13H17N2O. The van der Waals surface area contributed by atoms with Crippen LogP contribution in [0.3, 0.4) is 0 Å². The number of hydrogen-bond acceptors (Lipinski definition) is 2. The van der Waals surface area contributed by atoms with Crippen LogP contribution in [0.1, 0.15) is 26.2 Å². The fourth-order valence-corrected chi connectivity index (χ4v) is 2.17. The van der Waals surface area contributed by atoms with Gasteiger partial charge in [0, 0.05) is 12.6 Å². The van der Waals surface area contributed by atoms with Gasteiger partial charge >= 0.3 is 0 Å². The fourth-order valence-electron chi connectivity index (χ4n) is 2.17. The number of piperidine rings is 1. The Hall–Kier alpha value is -1.35. The smallest absolute Gasteiger partial charge is 0.225 e. The quantitative estimate of drug-likeness (QED) is 0.821. The molecule has 0 bridgehead atoms. The van der Waals surface area contributed by atoms with Crippen molar-refractivity contribution in [3.05, 3.63) is 30.3 Å². The molecule has 1 N–H and O–H groups in total. The van der Waals surface area contributed by atoms with Gasteiger partial charge in [0.05, 0.1) is 6.17 Å². The summed E-state index contributed by atoms with van der Waals surface area (Å²) in [6, 6.07) is 10.6. The first-order valence-electron chi connectivity index (χ1n) is 5.78. The number of nitrogens with zero attached hydrogens (tertiary/aromatic N) is 1. The number of benzene rings is 1. The predicted molar refractivity (Wildman–Crippen MR) is 64.1 cm³/mol. The Morgan fingerprint density at radius 3 is 3.00 bits per heavy atom. The zero-order valence-electron chi connectivity index (χ0n) is 9.57. The highest BCUT2D eigenvalue weighted by Gasteiger charge is 2.23. The molecule has 1 fully saturated rings. The molecule has 1 aliphatic rings. The van der Waals surface area contributed by atoms with E-state index < -0.39 is 0 Å². The lowest BCUT2D eigenvalue weighted by atomic mass is 10.1. The molecule has 1 aromatic carbocycles. The molecule has 16 heavy (non-hydrogen) atoms. The van der Waals surface area contributed by atoms with E-state index in [9.17, 15) is 4.79 Å². The van der Waals surface area contributed by atoms with Crippen molar-refractivity contribution in [2.75, 3.05) is 11.4 Å². The molecule has 1 radical (unpaired) electrons. The fraction of sp³-hybridized carbons (Fsp3) is 0.462. The maximum Gasteiger partial charge on any atom is 0.225 e. The average molecular weight is 217 g/mol. The largest absolute Gasteiger partial charge is 0.297 e. The monoisotopic (exact) mass is 217 g/mol. The van der Waals surface area contributed by atoms with E-state index in [2.05, 4.69) is 11.4 Å². The molecule has 1 saturated heterocycles. The van der Waals surface area contributed by atoms with Crippen molar-refractivity contribution in [3.63, 3.8) is 0 Å². The molecule has 1 amide bonds. The minimum absolute atomic E-state index is 0.0824. The highest BCUT2D eigenvalue weighted by Crippen LogP contribution is 2.20. The van der Waals surface area contributed by atoms with Crippen LogP contribution in [0.4, 0.5) is 5.69 Å². The molecule has 0 aliphatic carbocycles. The maximum atomic E-state index is 11.7. The summed E-state index contributed by atoms with van der Waals surface area (Å²) in [6.07, 6.45) is 3.54. The summed E-state index contributed by atoms with van der Waals surface area (Å²) in [4.78, 5) is 13.5. The summed E-state index contributed by atoms with van der Waals surface area (Å²) in [5.41, 5.74) is 0.925. The third-order valence-electron chi connectivity index (χ3n) is 2.90. The minimum Gasteiger partial charge on any atom is -0.297 e. The van der Waals surface area contributed by atoms with Crippen molar-refractivity contribution >= 4 is 11.6 Å². The Labute approximate surface area is 96.5 Å². The molecule has 2 rings (SSSR count). The molecule has 3 heteroatoms. The van der Waals surface area contributed by atoms with Gasteiger partial charge in [-0.2, -0.15) is 0 Å². The zero-order valence-corrected chi connectivity index (χ0v) is 9.57. The van der Waals surface area contributed by atoms with Gasteiger partial charge in [-0.3, -0.25) is 15.0 Å². The number of carbonyl (C=O) groups is 1. The Morgan fingerprint density at radius 1 is 1.56 bits per heavy atom. The third-order valence-corrected chi connectivity index (χ3v) is 2.90. The predicted octanol–water partition coefficient (Wildman–Crippen LogP) is 1.94. The molecule has 0 saturated carbocycles. The van der Waals surface area contributed by atoms with E-state index in [1.807, 2.05) is 29.2 Å². The second kappa shape index (κ2) is 5.12. The number of rotatable bonds is 2. The summed E-state index contributed by atoms with van der Waals surface area (Å²) in [6.45, 7) is 2.61. The van der Waals surface area contributed by atoms with E-state index in [-0.39, 0.29) is 12.1 Å². The zero-order chi connectivity index (χ0) is 11.4. The van der Waals surface area contributed by atoms with Gasteiger partial charge in [-0.15, -0.1) is 0 Å². The van der Waals surface area contributed by atoms with Gasteiger partial charge in [0.2, 0.25) is 5.91 Å². The molecule has 85 valence electrons. The molecule has 0 spiro atoms. The van der Waals surface area contributed by atoms with E-state index in [0.29, 0.717) is 0 Å². The Kier molecular flexibility index (Phi) is 3.57. The van der Waals surface area contributed by atoms with E-state index in [0.717, 1.165) is 18.7 Å². The van der Waals surface area contributed by atoms with Gasteiger partial charge in [-0.05, 0) is 44.0 Å². The van der Waals surface area contributed by atoms with Crippen LogP contribution in [-0.4, -0.2) is 18.6 Å². The van der Waals surface area contributed by atoms with Crippen molar-refractivity contribution in [1.29, 1.82) is 0 Å². The first kappa shape index (κ1) is 11.1. The van der Waals surface area contributed by atoms with Crippen LogP contribution in [0.5, 0.6) is 0 Å². The molecule has 0 aromatic heterocycles. The topological polar surface area (TPSA) is 32.3 Å². The first-order chi connectivity index (χ1) is 7.79. The van der Waals surface area contributed by atoms with Gasteiger partial charge in [0.25, 0.3) is 0 Å². The number of nitrogens with one attached hydrogen (secondary N) is 1. The normalized spacial score (nSPS) is 20.4. The van der Waals surface area contributed by atoms with Crippen molar-refractivity contribution in [2.24, 2.45) is 0 Å². The van der Waals surface area contributed by atoms with Gasteiger partial charge in [-0.25, -0.2) is 0 Å². The van der Waals surface area contributed by atoms with Crippen molar-refractivity contribution in [2.45, 2.75) is 32.4 Å². The lowest BCUT2D eigenvalue weighted by molar-refractivity contribution is -0.117. The molecule has 1 unspecified atom stereocenters. The SMILES string of the molecule is CC(=O)N(c1c[c]ccc1)C1CCCCN1. The first-order valence-corrected chi connectivity index (χ1v) is 5.78. The summed E-state index contributed by atoms with van der Waals surface area (Å²) >= 11 is 0.